The molecule has 2 aromatic heterocycles. The zero-order valence-corrected chi connectivity index (χ0v) is 28.7. The number of nitrogens with zero attached hydrogens (tertiary/aromatic N) is 2. The Bertz CT molecular complexity index is 2860. The number of rotatable bonds is 7. The van der Waals surface area contributed by atoms with E-state index in [1.165, 1.54) is 16.7 Å². The van der Waals surface area contributed by atoms with Crippen LogP contribution in [0, 0.1) is 0 Å². The van der Waals surface area contributed by atoms with Gasteiger partial charge in [-0.2, -0.15) is 0 Å². The molecular formula is C49H32N2O2. The van der Waals surface area contributed by atoms with E-state index >= 15 is 0 Å². The summed E-state index contributed by atoms with van der Waals surface area (Å²) in [5.41, 5.74) is 14.1. The topological polar surface area (TPSA) is 42.4 Å². The summed E-state index contributed by atoms with van der Waals surface area (Å²) in [6, 6.07) is 67.6. The third-order valence-corrected chi connectivity index (χ3v) is 9.91. The highest BCUT2D eigenvalue weighted by molar-refractivity contribution is 6.15. The van der Waals surface area contributed by atoms with Crippen molar-refractivity contribution in [3.63, 3.8) is 0 Å². The third-order valence-electron chi connectivity index (χ3n) is 9.91. The highest BCUT2D eigenvalue weighted by Gasteiger charge is 2.21. The Morgan fingerprint density at radius 1 is 0.358 bits per heavy atom. The summed E-state index contributed by atoms with van der Waals surface area (Å²) in [4.78, 5) is 7.14. The maximum atomic E-state index is 6.54. The minimum absolute atomic E-state index is 0.590. The van der Waals surface area contributed by atoms with Gasteiger partial charge >= 0.3 is 0 Å². The largest absolute Gasteiger partial charge is 0.456 e. The molecule has 8 aromatic carbocycles. The van der Waals surface area contributed by atoms with Gasteiger partial charge in [0.2, 0.25) is 5.89 Å². The van der Waals surface area contributed by atoms with Gasteiger partial charge in [0.05, 0.1) is 11.1 Å². The quantitative estimate of drug-likeness (QED) is 0.168. The van der Waals surface area contributed by atoms with Crippen LogP contribution >= 0.6 is 0 Å². The van der Waals surface area contributed by atoms with Crippen LogP contribution in [0.4, 0.5) is 17.1 Å². The fourth-order valence-electron chi connectivity index (χ4n) is 7.29. The first kappa shape index (κ1) is 30.6. The van der Waals surface area contributed by atoms with Crippen LogP contribution < -0.4 is 4.90 Å². The van der Waals surface area contributed by atoms with Crippen molar-refractivity contribution in [2.75, 3.05) is 4.90 Å². The predicted molar refractivity (Wildman–Crippen MR) is 218 cm³/mol. The van der Waals surface area contributed by atoms with E-state index in [2.05, 4.69) is 150 Å². The number of oxazole rings is 1. The van der Waals surface area contributed by atoms with Crippen molar-refractivity contribution in [1.82, 2.24) is 4.98 Å². The first-order valence-corrected chi connectivity index (χ1v) is 17.8. The first-order chi connectivity index (χ1) is 26.2. The second-order valence-electron chi connectivity index (χ2n) is 13.2. The van der Waals surface area contributed by atoms with Crippen molar-refractivity contribution >= 4 is 50.1 Å². The van der Waals surface area contributed by atoms with Crippen LogP contribution in [0.5, 0.6) is 0 Å². The number of fused-ring (bicyclic) bond motifs is 4. The van der Waals surface area contributed by atoms with Crippen LogP contribution in [-0.4, -0.2) is 4.98 Å². The molecule has 53 heavy (non-hydrogen) atoms. The lowest BCUT2D eigenvalue weighted by molar-refractivity contribution is 0.620. The second-order valence-corrected chi connectivity index (χ2v) is 13.2. The SMILES string of the molecule is c1ccc(-c2ccc(-c3ccc(N(c4cccc(-c5ccccc5)c4)c4cccc5oc6cc7nc(-c8ccccc8)oc7cc6c45)cc3)cc2)cc1. The van der Waals surface area contributed by atoms with E-state index in [9.17, 15) is 0 Å². The normalized spacial score (nSPS) is 11.4. The van der Waals surface area contributed by atoms with E-state index in [1.54, 1.807) is 0 Å². The molecule has 0 unspecified atom stereocenters. The van der Waals surface area contributed by atoms with Crippen molar-refractivity contribution in [2.24, 2.45) is 0 Å². The molecule has 0 fully saturated rings. The van der Waals surface area contributed by atoms with Crippen LogP contribution in [0.1, 0.15) is 0 Å². The lowest BCUT2D eigenvalue weighted by Gasteiger charge is -2.27. The standard InChI is InChI=1S/C49H32N2O2/c1-4-12-33(13-5-1)35-22-24-36(25-23-35)37-26-28-40(29-27-37)51(41-19-10-18-39(30-41)34-14-6-2-7-15-34)44-20-11-21-45-48(44)42-31-47-43(32-46(42)52-45)50-49(53-47)38-16-8-3-9-17-38/h1-32H. The van der Waals surface area contributed by atoms with Crippen LogP contribution in [0.2, 0.25) is 0 Å². The Labute approximate surface area is 306 Å². The van der Waals surface area contributed by atoms with E-state index in [0.717, 1.165) is 66.8 Å². The van der Waals surface area contributed by atoms with Crippen LogP contribution in [0.3, 0.4) is 0 Å². The number of benzene rings is 8. The average molecular weight is 681 g/mol. The van der Waals surface area contributed by atoms with Gasteiger partial charge in [-0.1, -0.05) is 133 Å². The van der Waals surface area contributed by atoms with Crippen LogP contribution in [0.15, 0.2) is 203 Å². The number of furan rings is 1. The molecule has 0 bridgehead atoms. The zero-order valence-electron chi connectivity index (χ0n) is 28.7. The van der Waals surface area contributed by atoms with Crippen molar-refractivity contribution in [3.8, 4) is 44.8 Å². The Hall–Kier alpha value is -7.17. The maximum Gasteiger partial charge on any atom is 0.227 e. The minimum atomic E-state index is 0.590. The molecule has 0 N–H and O–H groups in total. The summed E-state index contributed by atoms with van der Waals surface area (Å²) in [7, 11) is 0. The molecule has 0 spiro atoms. The smallest absolute Gasteiger partial charge is 0.227 e. The van der Waals surface area contributed by atoms with Gasteiger partial charge in [-0.3, -0.25) is 0 Å². The maximum absolute atomic E-state index is 6.54. The van der Waals surface area contributed by atoms with Gasteiger partial charge in [0.25, 0.3) is 0 Å². The van der Waals surface area contributed by atoms with Gasteiger partial charge in [-0.05, 0) is 88.0 Å². The van der Waals surface area contributed by atoms with Crippen LogP contribution in [0.25, 0.3) is 77.9 Å². The van der Waals surface area contributed by atoms with Gasteiger partial charge in [0.1, 0.15) is 16.7 Å². The molecule has 0 saturated heterocycles. The Morgan fingerprint density at radius 2 is 0.906 bits per heavy atom. The molecule has 0 saturated carbocycles. The lowest BCUT2D eigenvalue weighted by Crippen LogP contribution is -2.10. The highest BCUT2D eigenvalue weighted by atomic mass is 16.4. The molecule has 4 nitrogen and oxygen atoms in total. The third kappa shape index (κ3) is 5.63. The molecule has 0 amide bonds. The Balaban J connectivity index is 1.11. The molecule has 2 heterocycles. The molecule has 0 atom stereocenters. The molecule has 10 rings (SSSR count). The van der Waals surface area contributed by atoms with Gasteiger partial charge < -0.3 is 13.7 Å². The van der Waals surface area contributed by atoms with E-state index in [-0.39, 0.29) is 0 Å². The summed E-state index contributed by atoms with van der Waals surface area (Å²) in [6.45, 7) is 0. The van der Waals surface area contributed by atoms with Crippen molar-refractivity contribution in [3.05, 3.63) is 194 Å². The highest BCUT2D eigenvalue weighted by Crippen LogP contribution is 2.45. The fourth-order valence-corrected chi connectivity index (χ4v) is 7.29. The molecular weight excluding hydrogens is 649 g/mol. The molecule has 0 aliphatic carbocycles. The van der Waals surface area contributed by atoms with Crippen molar-refractivity contribution in [1.29, 1.82) is 0 Å². The number of hydrogen-bond donors (Lipinski definition) is 0. The summed E-state index contributed by atoms with van der Waals surface area (Å²) in [5, 5.41) is 1.98. The van der Waals surface area contributed by atoms with Crippen molar-refractivity contribution in [2.45, 2.75) is 0 Å². The Kier molecular flexibility index (Phi) is 7.43. The van der Waals surface area contributed by atoms with E-state index in [0.29, 0.717) is 11.5 Å². The summed E-state index contributed by atoms with van der Waals surface area (Å²) < 4.78 is 12.9. The second kappa shape index (κ2) is 12.9. The van der Waals surface area contributed by atoms with Gasteiger partial charge in [0.15, 0.2) is 5.58 Å². The lowest BCUT2D eigenvalue weighted by atomic mass is 9.99. The van der Waals surface area contributed by atoms with E-state index in [4.69, 9.17) is 13.8 Å². The molecule has 0 aliphatic rings. The van der Waals surface area contributed by atoms with Gasteiger partial charge in [-0.15, -0.1) is 0 Å². The summed E-state index contributed by atoms with van der Waals surface area (Å²) >= 11 is 0. The molecule has 0 radical (unpaired) electrons. The van der Waals surface area contributed by atoms with Gasteiger partial charge in [-0.25, -0.2) is 4.98 Å². The molecule has 250 valence electrons. The summed E-state index contributed by atoms with van der Waals surface area (Å²) in [6.07, 6.45) is 0. The first-order valence-electron chi connectivity index (χ1n) is 17.8. The van der Waals surface area contributed by atoms with E-state index in [1.807, 2.05) is 48.5 Å². The molecule has 4 heteroatoms. The van der Waals surface area contributed by atoms with Gasteiger partial charge in [0, 0.05) is 28.4 Å². The average Bonchev–Trinajstić information content (AvgIpc) is 3.82. The van der Waals surface area contributed by atoms with Crippen LogP contribution in [-0.2, 0) is 0 Å². The fraction of sp³-hybridized carbons (Fsp3) is 0. The monoisotopic (exact) mass is 680 g/mol. The van der Waals surface area contributed by atoms with E-state index < -0.39 is 0 Å². The molecule has 0 aliphatic heterocycles. The Morgan fingerprint density at radius 3 is 1.57 bits per heavy atom. The predicted octanol–water partition coefficient (Wildman–Crippen LogP) is 13.9. The zero-order chi connectivity index (χ0) is 35.1. The van der Waals surface area contributed by atoms with Crippen molar-refractivity contribution < 1.29 is 8.83 Å². The number of aromatic nitrogens is 1. The number of anilines is 3. The minimum Gasteiger partial charge on any atom is -0.456 e. The molecule has 10 aromatic rings. The summed E-state index contributed by atoms with van der Waals surface area (Å²) in [5.74, 6) is 0.590. The number of hydrogen-bond acceptors (Lipinski definition) is 4.